The van der Waals surface area contributed by atoms with Gasteiger partial charge in [-0.2, -0.15) is 0 Å². The number of nitrogens with one attached hydrogen (secondary N) is 3. The summed E-state index contributed by atoms with van der Waals surface area (Å²) in [6.45, 7) is 1.79. The molecule has 2 amide bonds. The number of amides is 2. The highest BCUT2D eigenvalue weighted by atomic mass is 32.2. The number of fused-ring (bicyclic) bond motifs is 1. The number of hydrogen-bond donors (Lipinski definition) is 3. The van der Waals surface area contributed by atoms with Gasteiger partial charge in [0.15, 0.2) is 5.76 Å². The van der Waals surface area contributed by atoms with Gasteiger partial charge < -0.3 is 15.1 Å². The zero-order chi connectivity index (χ0) is 22.0. The van der Waals surface area contributed by atoms with Crippen LogP contribution < -0.4 is 15.4 Å². The van der Waals surface area contributed by atoms with E-state index in [4.69, 9.17) is 4.42 Å². The first-order valence-corrected chi connectivity index (χ1v) is 11.1. The lowest BCUT2D eigenvalue weighted by molar-refractivity contribution is -0.124. The molecule has 8 nitrogen and oxygen atoms in total. The minimum absolute atomic E-state index is 0.0250. The molecule has 10 heteroatoms. The second-order valence-corrected chi connectivity index (χ2v) is 8.91. The molecule has 0 spiro atoms. The van der Waals surface area contributed by atoms with E-state index in [-0.39, 0.29) is 17.6 Å². The maximum atomic E-state index is 13.8. The highest BCUT2D eigenvalue weighted by molar-refractivity contribution is 7.90. The SMILES string of the molecule is O=C(NS(=O)(=O)c1ccccc1F)c1cc2ccc(CNC(=O)C3CCNC3)cc2o1. The first kappa shape index (κ1) is 21.0. The summed E-state index contributed by atoms with van der Waals surface area (Å²) in [6, 6.07) is 11.3. The van der Waals surface area contributed by atoms with Crippen molar-refractivity contribution in [1.29, 1.82) is 0 Å². The molecule has 1 fully saturated rings. The van der Waals surface area contributed by atoms with Gasteiger partial charge in [-0.05, 0) is 42.8 Å². The summed E-state index contributed by atoms with van der Waals surface area (Å²) in [7, 11) is -4.40. The van der Waals surface area contributed by atoms with Gasteiger partial charge in [-0.25, -0.2) is 17.5 Å². The third-order valence-corrected chi connectivity index (χ3v) is 6.42. The fourth-order valence-electron chi connectivity index (χ4n) is 3.40. The number of rotatable bonds is 6. The molecule has 2 heterocycles. The van der Waals surface area contributed by atoms with Crippen LogP contribution in [0.5, 0.6) is 0 Å². The predicted molar refractivity (Wildman–Crippen MR) is 110 cm³/mol. The lowest BCUT2D eigenvalue weighted by atomic mass is 10.1. The first-order chi connectivity index (χ1) is 14.8. The molecule has 1 saturated heterocycles. The standard InChI is InChI=1S/C21H20FN3O5S/c22-16-3-1-2-4-19(16)31(28,29)25-21(27)18-10-14-6-5-13(9-17(14)30-18)11-24-20(26)15-7-8-23-12-15/h1-6,9-10,15,23H,7-8,11-12H2,(H,24,26)(H,25,27). The molecular formula is C21H20FN3O5S. The van der Waals surface area contributed by atoms with Crippen LogP contribution in [0.25, 0.3) is 11.0 Å². The Morgan fingerprint density at radius 3 is 2.71 bits per heavy atom. The van der Waals surface area contributed by atoms with Crippen LogP contribution in [-0.2, 0) is 21.4 Å². The van der Waals surface area contributed by atoms with Gasteiger partial charge in [-0.1, -0.05) is 24.3 Å². The monoisotopic (exact) mass is 445 g/mol. The molecule has 1 aromatic heterocycles. The molecule has 4 rings (SSSR count). The molecule has 3 N–H and O–H groups in total. The van der Waals surface area contributed by atoms with Crippen LogP contribution in [0, 0.1) is 11.7 Å². The van der Waals surface area contributed by atoms with Crippen LogP contribution in [0.3, 0.4) is 0 Å². The Kier molecular flexibility index (Phi) is 5.75. The van der Waals surface area contributed by atoms with Crippen LogP contribution in [-0.4, -0.2) is 33.3 Å². The molecule has 31 heavy (non-hydrogen) atoms. The van der Waals surface area contributed by atoms with E-state index < -0.39 is 26.6 Å². The van der Waals surface area contributed by atoms with Gasteiger partial charge in [0.1, 0.15) is 16.3 Å². The van der Waals surface area contributed by atoms with E-state index in [1.54, 1.807) is 18.2 Å². The third-order valence-electron chi connectivity index (χ3n) is 5.06. The zero-order valence-corrected chi connectivity index (χ0v) is 17.2. The molecule has 0 radical (unpaired) electrons. The first-order valence-electron chi connectivity index (χ1n) is 9.66. The zero-order valence-electron chi connectivity index (χ0n) is 16.4. The van der Waals surface area contributed by atoms with Gasteiger partial charge in [0.2, 0.25) is 5.91 Å². The predicted octanol–water partition coefficient (Wildman–Crippen LogP) is 1.92. The molecule has 1 aliphatic rings. The quantitative estimate of drug-likeness (QED) is 0.534. The lowest BCUT2D eigenvalue weighted by Gasteiger charge is -2.09. The van der Waals surface area contributed by atoms with Gasteiger partial charge >= 0.3 is 5.91 Å². The van der Waals surface area contributed by atoms with Crippen LogP contribution in [0.4, 0.5) is 4.39 Å². The van der Waals surface area contributed by atoms with Crippen molar-refractivity contribution < 1.29 is 26.8 Å². The summed E-state index contributed by atoms with van der Waals surface area (Å²) < 4.78 is 45.7. The molecule has 0 bridgehead atoms. The maximum absolute atomic E-state index is 13.8. The maximum Gasteiger partial charge on any atom is 0.300 e. The second-order valence-electron chi connectivity index (χ2n) is 7.26. The Bertz CT molecular complexity index is 1250. The van der Waals surface area contributed by atoms with E-state index in [0.717, 1.165) is 30.7 Å². The smallest absolute Gasteiger partial charge is 0.300 e. The topological polar surface area (TPSA) is 118 Å². The van der Waals surface area contributed by atoms with Gasteiger partial charge in [-0.15, -0.1) is 0 Å². The Hall–Kier alpha value is -3.24. The summed E-state index contributed by atoms with van der Waals surface area (Å²) in [5.41, 5.74) is 1.13. The summed E-state index contributed by atoms with van der Waals surface area (Å²) >= 11 is 0. The van der Waals surface area contributed by atoms with Gasteiger partial charge in [0, 0.05) is 18.5 Å². The molecule has 0 saturated carbocycles. The largest absolute Gasteiger partial charge is 0.451 e. The fourth-order valence-corrected chi connectivity index (χ4v) is 4.44. The lowest BCUT2D eigenvalue weighted by Crippen LogP contribution is -2.31. The van der Waals surface area contributed by atoms with E-state index in [9.17, 15) is 22.4 Å². The second kappa shape index (κ2) is 8.48. The highest BCUT2D eigenvalue weighted by Crippen LogP contribution is 2.22. The van der Waals surface area contributed by atoms with E-state index in [0.29, 0.717) is 24.1 Å². The van der Waals surface area contributed by atoms with Gasteiger partial charge in [0.05, 0.1) is 5.92 Å². The van der Waals surface area contributed by atoms with Crippen LogP contribution in [0.1, 0.15) is 22.5 Å². The van der Waals surface area contributed by atoms with Crippen molar-refractivity contribution in [2.45, 2.75) is 17.9 Å². The number of benzene rings is 2. The molecule has 1 atom stereocenters. The average molecular weight is 445 g/mol. The number of halogens is 1. The molecule has 162 valence electrons. The Labute approximate surface area is 177 Å². The van der Waals surface area contributed by atoms with E-state index in [1.165, 1.54) is 18.2 Å². The molecular weight excluding hydrogens is 425 g/mol. The van der Waals surface area contributed by atoms with Crippen LogP contribution in [0.15, 0.2) is 57.8 Å². The van der Waals surface area contributed by atoms with Crippen molar-refractivity contribution in [2.24, 2.45) is 5.92 Å². The number of sulfonamides is 1. The van der Waals surface area contributed by atoms with Crippen molar-refractivity contribution in [3.8, 4) is 0 Å². The van der Waals surface area contributed by atoms with Crippen LogP contribution in [0.2, 0.25) is 0 Å². The molecule has 1 unspecified atom stereocenters. The normalized spacial score (nSPS) is 16.4. The van der Waals surface area contributed by atoms with E-state index in [2.05, 4.69) is 10.6 Å². The molecule has 1 aliphatic heterocycles. The molecule has 2 aromatic carbocycles. The summed E-state index contributed by atoms with van der Waals surface area (Å²) in [5, 5.41) is 6.60. The van der Waals surface area contributed by atoms with E-state index in [1.807, 2.05) is 4.72 Å². The third kappa shape index (κ3) is 4.59. The summed E-state index contributed by atoms with van der Waals surface area (Å²) in [4.78, 5) is 23.9. The van der Waals surface area contributed by atoms with Crippen LogP contribution >= 0.6 is 0 Å². The number of carbonyl (C=O) groups excluding carboxylic acids is 2. The van der Waals surface area contributed by atoms with Crippen molar-refractivity contribution in [1.82, 2.24) is 15.4 Å². The summed E-state index contributed by atoms with van der Waals surface area (Å²) in [6.07, 6.45) is 0.803. The Morgan fingerprint density at radius 1 is 1.16 bits per heavy atom. The van der Waals surface area contributed by atoms with Gasteiger partial charge in [0.25, 0.3) is 10.0 Å². The van der Waals surface area contributed by atoms with Crippen molar-refractivity contribution in [3.63, 3.8) is 0 Å². The Balaban J connectivity index is 1.47. The average Bonchev–Trinajstić information content (AvgIpc) is 3.41. The minimum Gasteiger partial charge on any atom is -0.451 e. The minimum atomic E-state index is -4.40. The Morgan fingerprint density at radius 2 is 1.97 bits per heavy atom. The number of carbonyl (C=O) groups is 2. The van der Waals surface area contributed by atoms with Crippen molar-refractivity contribution in [2.75, 3.05) is 13.1 Å². The fraction of sp³-hybridized carbons (Fsp3) is 0.238. The van der Waals surface area contributed by atoms with Crippen molar-refractivity contribution in [3.05, 3.63) is 65.7 Å². The highest BCUT2D eigenvalue weighted by Gasteiger charge is 2.24. The number of furan rings is 1. The van der Waals surface area contributed by atoms with E-state index >= 15 is 0 Å². The number of hydrogen-bond acceptors (Lipinski definition) is 6. The molecule has 3 aromatic rings. The van der Waals surface area contributed by atoms with Crippen molar-refractivity contribution >= 4 is 32.8 Å². The van der Waals surface area contributed by atoms with Gasteiger partial charge in [-0.3, -0.25) is 9.59 Å². The summed E-state index contributed by atoms with van der Waals surface area (Å²) in [5.74, 6) is -2.27. The molecule has 0 aliphatic carbocycles.